The van der Waals surface area contributed by atoms with Gasteiger partial charge in [-0.1, -0.05) is 0 Å². The molecule has 2 amide bonds. The predicted octanol–water partition coefficient (Wildman–Crippen LogP) is 3.71. The second kappa shape index (κ2) is 11.2. The Labute approximate surface area is 220 Å². The standard InChI is InChI=1S/C27H37F4N3O4/c28-20-1-2-23-21(15-20)22(32-25(36)27(29,30)31)16-26(38-23)7-11-34(12-8-26)24(35)19-3-9-33(10-4-19)17-18-5-13-37-14-6-18/h1-2,18-19,21-22H,3-17H2,(H,32,36). The number of nitrogens with zero attached hydrogens (tertiary/aromatic N) is 2. The second-order valence-corrected chi connectivity index (χ2v) is 11.5. The van der Waals surface area contributed by atoms with Crippen molar-refractivity contribution < 1.29 is 36.6 Å². The van der Waals surface area contributed by atoms with Crippen LogP contribution >= 0.6 is 0 Å². The van der Waals surface area contributed by atoms with Crippen molar-refractivity contribution in [1.29, 1.82) is 0 Å². The van der Waals surface area contributed by atoms with Gasteiger partial charge >= 0.3 is 12.1 Å². The van der Waals surface area contributed by atoms with Crippen LogP contribution in [0.5, 0.6) is 0 Å². The molecule has 4 aliphatic heterocycles. The summed E-state index contributed by atoms with van der Waals surface area (Å²) in [4.78, 5) is 29.4. The van der Waals surface area contributed by atoms with E-state index in [2.05, 4.69) is 10.2 Å². The van der Waals surface area contributed by atoms with Crippen LogP contribution in [0.15, 0.2) is 23.7 Å². The molecule has 4 saturated heterocycles. The van der Waals surface area contributed by atoms with Crippen molar-refractivity contribution in [3.05, 3.63) is 23.7 Å². The Morgan fingerprint density at radius 3 is 2.37 bits per heavy atom. The number of carbonyl (C=O) groups excluding carboxylic acids is 2. The van der Waals surface area contributed by atoms with Crippen LogP contribution in [0, 0.1) is 17.8 Å². The Morgan fingerprint density at radius 2 is 1.71 bits per heavy atom. The van der Waals surface area contributed by atoms with Gasteiger partial charge in [0.2, 0.25) is 5.91 Å². The van der Waals surface area contributed by atoms with Gasteiger partial charge in [0, 0.05) is 76.4 Å². The van der Waals surface area contributed by atoms with Gasteiger partial charge in [0.1, 0.15) is 17.2 Å². The number of rotatable bonds is 4. The van der Waals surface area contributed by atoms with Gasteiger partial charge in [0.25, 0.3) is 0 Å². The summed E-state index contributed by atoms with van der Waals surface area (Å²) in [6, 6.07) is -0.897. The van der Waals surface area contributed by atoms with Gasteiger partial charge in [-0.05, 0) is 56.8 Å². The molecule has 0 bridgehead atoms. The van der Waals surface area contributed by atoms with Crippen LogP contribution < -0.4 is 5.32 Å². The summed E-state index contributed by atoms with van der Waals surface area (Å²) in [6.45, 7) is 5.45. The minimum absolute atomic E-state index is 0.0142. The van der Waals surface area contributed by atoms with Crippen molar-refractivity contribution in [2.24, 2.45) is 17.8 Å². The van der Waals surface area contributed by atoms with Gasteiger partial charge in [0.15, 0.2) is 0 Å². The minimum atomic E-state index is -5.02. The van der Waals surface area contributed by atoms with Crippen LogP contribution in [0.4, 0.5) is 17.6 Å². The van der Waals surface area contributed by atoms with E-state index < -0.39 is 35.5 Å². The third-order valence-electron chi connectivity index (χ3n) is 8.98. The number of piperidine rings is 2. The van der Waals surface area contributed by atoms with Gasteiger partial charge in [0.05, 0.1) is 0 Å². The topological polar surface area (TPSA) is 71.1 Å². The Bertz CT molecular complexity index is 946. The quantitative estimate of drug-likeness (QED) is 0.548. The smallest absolute Gasteiger partial charge is 0.471 e. The highest BCUT2D eigenvalue weighted by Crippen LogP contribution is 2.45. The molecule has 0 aromatic carbocycles. The zero-order chi connectivity index (χ0) is 26.9. The zero-order valence-corrected chi connectivity index (χ0v) is 21.6. The first kappa shape index (κ1) is 27.4. The number of fused-ring (bicyclic) bond motifs is 1. The molecule has 5 aliphatic rings. The number of hydrogen-bond donors (Lipinski definition) is 1. The Morgan fingerprint density at radius 1 is 1.03 bits per heavy atom. The summed E-state index contributed by atoms with van der Waals surface area (Å²) in [5.74, 6) is -1.96. The number of amides is 2. The van der Waals surface area contributed by atoms with Crippen LogP contribution in [0.3, 0.4) is 0 Å². The van der Waals surface area contributed by atoms with Crippen LogP contribution in [0.2, 0.25) is 0 Å². The zero-order valence-electron chi connectivity index (χ0n) is 21.6. The van der Waals surface area contributed by atoms with Gasteiger partial charge in [-0.25, -0.2) is 4.39 Å². The fraction of sp³-hybridized carbons (Fsp3) is 0.778. The van der Waals surface area contributed by atoms with E-state index in [0.717, 1.165) is 58.5 Å². The highest BCUT2D eigenvalue weighted by atomic mass is 19.4. The number of ether oxygens (including phenoxy) is 2. The summed E-state index contributed by atoms with van der Waals surface area (Å²) >= 11 is 0. The lowest BCUT2D eigenvalue weighted by Gasteiger charge is -2.50. The van der Waals surface area contributed by atoms with Crippen molar-refractivity contribution in [3.63, 3.8) is 0 Å². The van der Waals surface area contributed by atoms with E-state index in [0.29, 0.717) is 37.6 Å². The SMILES string of the molecule is O=C(C1CCN(CC2CCOCC2)CC1)N1CCC2(CC1)CC(NC(=O)C(F)(F)F)C1CC(F)=CC=C1O2. The largest absolute Gasteiger partial charge is 0.491 e. The monoisotopic (exact) mass is 543 g/mol. The van der Waals surface area contributed by atoms with Gasteiger partial charge in [-0.3, -0.25) is 9.59 Å². The normalized spacial score (nSPS) is 29.2. The average molecular weight is 544 g/mol. The van der Waals surface area contributed by atoms with Gasteiger partial charge in [-0.15, -0.1) is 0 Å². The number of halogens is 4. The molecule has 4 heterocycles. The van der Waals surface area contributed by atoms with E-state index in [1.54, 1.807) is 0 Å². The van der Waals surface area contributed by atoms with Crippen LogP contribution in [0.1, 0.15) is 51.4 Å². The van der Waals surface area contributed by atoms with E-state index >= 15 is 0 Å². The molecule has 2 unspecified atom stereocenters. The molecular formula is C27H37F4N3O4. The lowest BCUT2D eigenvalue weighted by Crippen LogP contribution is -2.58. The second-order valence-electron chi connectivity index (χ2n) is 11.5. The van der Waals surface area contributed by atoms with Crippen molar-refractivity contribution in [2.45, 2.75) is 69.2 Å². The molecule has 11 heteroatoms. The number of nitrogens with one attached hydrogen (secondary N) is 1. The molecule has 212 valence electrons. The van der Waals surface area contributed by atoms with E-state index in [1.165, 1.54) is 12.2 Å². The maximum absolute atomic E-state index is 14.0. The number of likely N-dealkylation sites (tertiary alicyclic amines) is 2. The number of alkyl halides is 3. The molecule has 0 aromatic heterocycles. The first-order chi connectivity index (χ1) is 18.1. The maximum Gasteiger partial charge on any atom is 0.471 e. The molecule has 0 radical (unpaired) electrons. The van der Waals surface area contributed by atoms with Crippen molar-refractivity contribution in [2.75, 3.05) is 45.9 Å². The van der Waals surface area contributed by atoms with Crippen molar-refractivity contribution in [3.8, 4) is 0 Å². The summed E-state index contributed by atoms with van der Waals surface area (Å²) in [5.41, 5.74) is -0.794. The minimum Gasteiger partial charge on any atom is -0.491 e. The van der Waals surface area contributed by atoms with E-state index in [9.17, 15) is 27.2 Å². The highest BCUT2D eigenvalue weighted by Gasteiger charge is 2.50. The number of hydrogen-bond acceptors (Lipinski definition) is 5. The summed E-state index contributed by atoms with van der Waals surface area (Å²) in [5, 5.41) is 2.10. The summed E-state index contributed by atoms with van der Waals surface area (Å²) in [7, 11) is 0. The molecule has 1 aliphatic carbocycles. The molecule has 5 rings (SSSR count). The predicted molar refractivity (Wildman–Crippen MR) is 130 cm³/mol. The van der Waals surface area contributed by atoms with Crippen molar-refractivity contribution in [1.82, 2.24) is 15.1 Å². The first-order valence-electron chi connectivity index (χ1n) is 13.8. The van der Waals surface area contributed by atoms with E-state index in [4.69, 9.17) is 9.47 Å². The van der Waals surface area contributed by atoms with Crippen LogP contribution in [-0.2, 0) is 19.1 Å². The average Bonchev–Trinajstić information content (AvgIpc) is 2.90. The molecular weight excluding hydrogens is 506 g/mol. The van der Waals surface area contributed by atoms with Crippen molar-refractivity contribution >= 4 is 11.8 Å². The van der Waals surface area contributed by atoms with Gasteiger partial charge in [-0.2, -0.15) is 13.2 Å². The Hall–Kier alpha value is -2.14. The summed E-state index contributed by atoms with van der Waals surface area (Å²) in [6.07, 6.45) is 2.51. The van der Waals surface area contributed by atoms with Gasteiger partial charge < -0.3 is 24.6 Å². The highest BCUT2D eigenvalue weighted by molar-refractivity contribution is 5.82. The molecule has 4 fully saturated rings. The Balaban J connectivity index is 1.16. The third kappa shape index (κ3) is 6.19. The molecule has 1 spiro atoms. The molecule has 2 atom stereocenters. The molecule has 1 N–H and O–H groups in total. The maximum atomic E-state index is 14.0. The fourth-order valence-corrected chi connectivity index (χ4v) is 6.72. The molecule has 38 heavy (non-hydrogen) atoms. The molecule has 7 nitrogen and oxygen atoms in total. The van der Waals surface area contributed by atoms with E-state index in [-0.39, 0.29) is 24.7 Å². The van der Waals surface area contributed by atoms with Crippen LogP contribution in [-0.4, -0.2) is 85.4 Å². The molecule has 0 saturated carbocycles. The fourth-order valence-electron chi connectivity index (χ4n) is 6.72. The third-order valence-corrected chi connectivity index (χ3v) is 8.98. The number of allylic oxidation sites excluding steroid dienone is 3. The summed E-state index contributed by atoms with van der Waals surface area (Å²) < 4.78 is 64.7. The number of carbonyl (C=O) groups is 2. The van der Waals surface area contributed by atoms with Crippen LogP contribution in [0.25, 0.3) is 0 Å². The Kier molecular flexibility index (Phi) is 8.05. The van der Waals surface area contributed by atoms with E-state index in [1.807, 2.05) is 4.90 Å². The lowest BCUT2D eigenvalue weighted by molar-refractivity contribution is -0.177. The first-order valence-corrected chi connectivity index (χ1v) is 13.8. The molecule has 0 aromatic rings. The lowest BCUT2D eigenvalue weighted by atomic mass is 9.75.